The van der Waals surface area contributed by atoms with Gasteiger partial charge >= 0.3 is 0 Å². The molecule has 1 aliphatic rings. The molecular formula is C31H33NO3S. The highest BCUT2D eigenvalue weighted by Crippen LogP contribution is 2.43. The summed E-state index contributed by atoms with van der Waals surface area (Å²) in [6.07, 6.45) is 3.51. The largest absolute Gasteiger partial charge is 0.508 e. The molecule has 5 heteroatoms. The van der Waals surface area contributed by atoms with Crippen LogP contribution >= 0.6 is 11.3 Å². The lowest BCUT2D eigenvalue weighted by molar-refractivity contribution is 0.104. The molecule has 1 atom stereocenters. The van der Waals surface area contributed by atoms with Crippen LogP contribution in [0.5, 0.6) is 17.2 Å². The second kappa shape index (κ2) is 10.5. The van der Waals surface area contributed by atoms with Gasteiger partial charge in [0, 0.05) is 22.2 Å². The number of fused-ring (bicyclic) bond motifs is 1. The minimum atomic E-state index is -0.0592. The van der Waals surface area contributed by atoms with Crippen LogP contribution in [0.4, 0.5) is 0 Å². The second-order valence-corrected chi connectivity index (χ2v) is 11.2. The molecule has 0 unspecified atom stereocenters. The monoisotopic (exact) mass is 499 g/mol. The Kier molecular flexibility index (Phi) is 7.13. The van der Waals surface area contributed by atoms with Crippen molar-refractivity contribution in [3.8, 4) is 17.2 Å². The Morgan fingerprint density at radius 1 is 1.08 bits per heavy atom. The zero-order valence-corrected chi connectivity index (χ0v) is 22.0. The maximum absolute atomic E-state index is 13.6. The van der Waals surface area contributed by atoms with Gasteiger partial charge in [0.15, 0.2) is 5.75 Å². The third-order valence-electron chi connectivity index (χ3n) is 7.05. The Hall–Kier alpha value is -3.15. The number of aromatic hydroxyl groups is 1. The molecule has 186 valence electrons. The van der Waals surface area contributed by atoms with Crippen molar-refractivity contribution in [1.82, 2.24) is 4.90 Å². The molecule has 1 saturated heterocycles. The van der Waals surface area contributed by atoms with E-state index in [1.54, 1.807) is 12.1 Å². The first-order valence-corrected chi connectivity index (χ1v) is 13.6. The normalized spacial score (nSPS) is 16.0. The summed E-state index contributed by atoms with van der Waals surface area (Å²) in [5, 5.41) is 10.8. The Morgan fingerprint density at radius 3 is 2.61 bits per heavy atom. The summed E-state index contributed by atoms with van der Waals surface area (Å²) in [5.41, 5.74) is 4.03. The summed E-state index contributed by atoms with van der Waals surface area (Å²) < 4.78 is 7.19. The van der Waals surface area contributed by atoms with Crippen molar-refractivity contribution in [3.63, 3.8) is 0 Å². The van der Waals surface area contributed by atoms with Crippen molar-refractivity contribution in [3.05, 3.63) is 87.8 Å². The summed E-state index contributed by atoms with van der Waals surface area (Å²) in [4.78, 5) is 16.7. The molecule has 1 fully saturated rings. The van der Waals surface area contributed by atoms with E-state index in [0.717, 1.165) is 46.5 Å². The zero-order valence-electron chi connectivity index (χ0n) is 21.2. The van der Waals surface area contributed by atoms with E-state index >= 15 is 0 Å². The topological polar surface area (TPSA) is 49.8 Å². The number of aryl methyl sites for hydroxylation is 3. The summed E-state index contributed by atoms with van der Waals surface area (Å²) in [6, 6.07) is 19.2. The fourth-order valence-corrected chi connectivity index (χ4v) is 6.20. The van der Waals surface area contributed by atoms with E-state index in [-0.39, 0.29) is 11.5 Å². The van der Waals surface area contributed by atoms with Crippen molar-refractivity contribution in [2.24, 2.45) is 5.92 Å². The number of benzene rings is 3. The minimum Gasteiger partial charge on any atom is -0.508 e. The van der Waals surface area contributed by atoms with Gasteiger partial charge in [0.05, 0.1) is 0 Å². The molecule has 0 aliphatic carbocycles. The smallest absolute Gasteiger partial charge is 0.207 e. The molecule has 4 nitrogen and oxygen atoms in total. The minimum absolute atomic E-state index is 0.0592. The molecule has 36 heavy (non-hydrogen) atoms. The molecule has 0 amide bonds. The van der Waals surface area contributed by atoms with Gasteiger partial charge in [0.2, 0.25) is 5.78 Å². The van der Waals surface area contributed by atoms with Crippen LogP contribution in [-0.2, 0) is 6.42 Å². The van der Waals surface area contributed by atoms with Crippen molar-refractivity contribution in [2.75, 3.05) is 19.6 Å². The van der Waals surface area contributed by atoms with Gasteiger partial charge in [-0.15, -0.1) is 11.3 Å². The standard InChI is InChI=1S/C31H33NO3S/c1-20-6-12-26(22(3)17-20)29(34)31-30(27-13-9-24(33)18-28(27)36-31)35-25-10-7-23(8-11-25)5-4-15-32-16-14-21(2)19-32/h6-13,17-18,21,33H,4-5,14-16,19H2,1-3H3/t21-/m0/s1. The summed E-state index contributed by atoms with van der Waals surface area (Å²) in [6.45, 7) is 9.92. The molecule has 4 aromatic rings. The molecule has 1 aliphatic heterocycles. The molecule has 1 aromatic heterocycles. The Morgan fingerprint density at radius 2 is 1.89 bits per heavy atom. The molecule has 0 saturated carbocycles. The second-order valence-electron chi connectivity index (χ2n) is 10.1. The van der Waals surface area contributed by atoms with Gasteiger partial charge in [-0.2, -0.15) is 0 Å². The third-order valence-corrected chi connectivity index (χ3v) is 8.18. The first-order valence-electron chi connectivity index (χ1n) is 12.7. The van der Waals surface area contributed by atoms with E-state index in [1.165, 1.54) is 36.4 Å². The van der Waals surface area contributed by atoms with Gasteiger partial charge in [0.1, 0.15) is 16.4 Å². The fourth-order valence-electron chi connectivity index (χ4n) is 5.08. The molecular weight excluding hydrogens is 466 g/mol. The number of likely N-dealkylation sites (tertiary alicyclic amines) is 1. The van der Waals surface area contributed by atoms with Gasteiger partial charge in [-0.05, 0) is 93.6 Å². The van der Waals surface area contributed by atoms with E-state index in [4.69, 9.17) is 4.74 Å². The number of carbonyl (C=O) groups excluding carboxylic acids is 1. The van der Waals surface area contributed by atoms with E-state index in [2.05, 4.69) is 24.0 Å². The highest BCUT2D eigenvalue weighted by Gasteiger charge is 2.23. The average Bonchev–Trinajstić information content (AvgIpc) is 3.42. The van der Waals surface area contributed by atoms with Crippen molar-refractivity contribution in [1.29, 1.82) is 0 Å². The molecule has 2 heterocycles. The number of hydrogen-bond donors (Lipinski definition) is 1. The highest BCUT2D eigenvalue weighted by molar-refractivity contribution is 7.21. The maximum atomic E-state index is 13.6. The third kappa shape index (κ3) is 5.32. The van der Waals surface area contributed by atoms with Crippen LogP contribution in [0.25, 0.3) is 10.1 Å². The lowest BCUT2D eigenvalue weighted by Crippen LogP contribution is -2.21. The predicted molar refractivity (Wildman–Crippen MR) is 148 cm³/mol. The fraction of sp³-hybridized carbons (Fsp3) is 0.323. The van der Waals surface area contributed by atoms with E-state index in [0.29, 0.717) is 21.9 Å². The summed E-state index contributed by atoms with van der Waals surface area (Å²) >= 11 is 1.36. The number of rotatable bonds is 8. The van der Waals surface area contributed by atoms with Crippen LogP contribution in [0.1, 0.15) is 51.7 Å². The summed E-state index contributed by atoms with van der Waals surface area (Å²) in [7, 11) is 0. The van der Waals surface area contributed by atoms with Crippen molar-refractivity contribution >= 4 is 27.2 Å². The SMILES string of the molecule is Cc1ccc(C(=O)c2sc3cc(O)ccc3c2Oc2ccc(CCCN3CC[C@H](C)C3)cc2)c(C)c1. The number of carbonyl (C=O) groups is 1. The number of thiophene rings is 1. The van der Waals surface area contributed by atoms with Crippen LogP contribution in [0, 0.1) is 19.8 Å². The number of phenolic OH excluding ortho intramolecular Hbond substituents is 1. The van der Waals surface area contributed by atoms with E-state index in [1.807, 2.05) is 50.2 Å². The quantitative estimate of drug-likeness (QED) is 0.255. The van der Waals surface area contributed by atoms with Crippen LogP contribution in [0.3, 0.4) is 0 Å². The van der Waals surface area contributed by atoms with Crippen molar-refractivity contribution in [2.45, 2.75) is 40.0 Å². The predicted octanol–water partition coefficient (Wildman–Crippen LogP) is 7.52. The van der Waals surface area contributed by atoms with Gasteiger partial charge in [-0.25, -0.2) is 0 Å². The lowest BCUT2D eigenvalue weighted by Gasteiger charge is -2.15. The molecule has 0 radical (unpaired) electrons. The molecule has 5 rings (SSSR count). The molecule has 3 aromatic carbocycles. The van der Waals surface area contributed by atoms with Crippen LogP contribution < -0.4 is 4.74 Å². The number of phenols is 1. The Bertz CT molecular complexity index is 1390. The van der Waals surface area contributed by atoms with Crippen LogP contribution in [-0.4, -0.2) is 35.4 Å². The van der Waals surface area contributed by atoms with Gasteiger partial charge in [-0.3, -0.25) is 4.79 Å². The molecule has 0 spiro atoms. The number of ketones is 1. The molecule has 0 bridgehead atoms. The first-order chi connectivity index (χ1) is 17.4. The van der Waals surface area contributed by atoms with Crippen LogP contribution in [0.15, 0.2) is 60.7 Å². The number of hydrogen-bond acceptors (Lipinski definition) is 5. The zero-order chi connectivity index (χ0) is 25.2. The first kappa shape index (κ1) is 24.5. The van der Waals surface area contributed by atoms with Crippen molar-refractivity contribution < 1.29 is 14.6 Å². The number of nitrogens with zero attached hydrogens (tertiary/aromatic N) is 1. The summed E-state index contributed by atoms with van der Waals surface area (Å²) in [5.74, 6) is 2.19. The lowest BCUT2D eigenvalue weighted by atomic mass is 10.0. The van der Waals surface area contributed by atoms with Gasteiger partial charge < -0.3 is 14.7 Å². The Balaban J connectivity index is 1.37. The Labute approximate surface area is 217 Å². The van der Waals surface area contributed by atoms with E-state index in [9.17, 15) is 9.90 Å². The van der Waals surface area contributed by atoms with Crippen LogP contribution in [0.2, 0.25) is 0 Å². The van der Waals surface area contributed by atoms with E-state index < -0.39 is 0 Å². The highest BCUT2D eigenvalue weighted by atomic mass is 32.1. The number of ether oxygens (including phenoxy) is 1. The average molecular weight is 500 g/mol. The molecule has 1 N–H and O–H groups in total. The van der Waals surface area contributed by atoms with Gasteiger partial charge in [-0.1, -0.05) is 42.8 Å². The maximum Gasteiger partial charge on any atom is 0.207 e. The van der Waals surface area contributed by atoms with Gasteiger partial charge in [0.25, 0.3) is 0 Å².